The van der Waals surface area contributed by atoms with E-state index in [1.54, 1.807) is 7.11 Å². The van der Waals surface area contributed by atoms with Crippen LogP contribution in [0.3, 0.4) is 0 Å². The summed E-state index contributed by atoms with van der Waals surface area (Å²) in [4.78, 5) is 0. The summed E-state index contributed by atoms with van der Waals surface area (Å²) in [6.45, 7) is 0. The van der Waals surface area contributed by atoms with Gasteiger partial charge in [0.15, 0.2) is 0 Å². The van der Waals surface area contributed by atoms with Crippen molar-refractivity contribution < 1.29 is 4.74 Å². The van der Waals surface area contributed by atoms with E-state index in [0.717, 1.165) is 27.9 Å². The van der Waals surface area contributed by atoms with Crippen LogP contribution in [-0.4, -0.2) is 21.9 Å². The Bertz CT molecular complexity index is 711. The average molecular weight is 242 g/mol. The Balaban J connectivity index is 2.27. The lowest BCUT2D eigenvalue weighted by Crippen LogP contribution is -1.89. The van der Waals surface area contributed by atoms with E-state index < -0.39 is 0 Å². The Morgan fingerprint density at radius 3 is 2.83 bits per heavy atom. The van der Waals surface area contributed by atoms with Crippen molar-refractivity contribution in [3.05, 3.63) is 30.5 Å². The maximum absolute atomic E-state index is 5.63. The molecule has 1 aromatic carbocycles. The summed E-state index contributed by atoms with van der Waals surface area (Å²) in [6.07, 6.45) is 2.01. The van der Waals surface area contributed by atoms with E-state index in [0.29, 0.717) is 5.82 Å². The summed E-state index contributed by atoms with van der Waals surface area (Å²) < 4.78 is 7.49. The van der Waals surface area contributed by atoms with Crippen LogP contribution < -0.4 is 10.5 Å². The number of aromatic nitrogens is 3. The Morgan fingerprint density at radius 2 is 2.17 bits per heavy atom. The molecule has 0 amide bonds. The summed E-state index contributed by atoms with van der Waals surface area (Å²) in [6, 6.07) is 7.92. The van der Waals surface area contributed by atoms with E-state index in [1.807, 2.05) is 31.4 Å². The average Bonchev–Trinajstić information content (AvgIpc) is 2.96. The molecular formula is C13H14N4O. The Hall–Kier alpha value is -2.43. The minimum atomic E-state index is 0.482. The third-order valence-electron chi connectivity index (χ3n) is 3.09. The number of rotatable bonds is 2. The molecule has 92 valence electrons. The molecule has 3 aromatic rings. The van der Waals surface area contributed by atoms with Gasteiger partial charge in [-0.15, -0.1) is 0 Å². The smallest absolute Gasteiger partial charge is 0.145 e. The van der Waals surface area contributed by atoms with Crippen molar-refractivity contribution in [2.75, 3.05) is 12.8 Å². The fourth-order valence-corrected chi connectivity index (χ4v) is 2.15. The van der Waals surface area contributed by atoms with Gasteiger partial charge in [-0.1, -0.05) is 0 Å². The molecule has 0 saturated heterocycles. The van der Waals surface area contributed by atoms with Crippen LogP contribution >= 0.6 is 0 Å². The number of methoxy groups -OCH3 is 1. The summed E-state index contributed by atoms with van der Waals surface area (Å²) in [5.41, 5.74) is 8.63. The molecule has 5 nitrogen and oxygen atoms in total. The normalized spacial score (nSPS) is 11.0. The lowest BCUT2D eigenvalue weighted by Gasteiger charge is -2.06. The molecule has 0 aliphatic heterocycles. The van der Waals surface area contributed by atoms with Gasteiger partial charge in [-0.05, 0) is 18.2 Å². The minimum Gasteiger partial charge on any atom is -0.496 e. The first-order chi connectivity index (χ1) is 8.69. The summed E-state index contributed by atoms with van der Waals surface area (Å²) in [5.74, 6) is 1.33. The van der Waals surface area contributed by atoms with Crippen molar-refractivity contribution in [3.63, 3.8) is 0 Å². The van der Waals surface area contributed by atoms with Crippen LogP contribution in [0, 0.1) is 0 Å². The lowest BCUT2D eigenvalue weighted by molar-refractivity contribution is 0.420. The third kappa shape index (κ3) is 1.52. The molecule has 5 heteroatoms. The fraction of sp³-hybridized carbons (Fsp3) is 0.154. The Morgan fingerprint density at radius 1 is 1.33 bits per heavy atom. The number of nitrogens with one attached hydrogen (secondary N) is 1. The van der Waals surface area contributed by atoms with Gasteiger partial charge in [0.25, 0.3) is 0 Å². The maximum atomic E-state index is 5.63. The highest BCUT2D eigenvalue weighted by Gasteiger charge is 2.10. The van der Waals surface area contributed by atoms with E-state index in [2.05, 4.69) is 20.8 Å². The van der Waals surface area contributed by atoms with Crippen LogP contribution in [0.25, 0.3) is 22.2 Å². The maximum Gasteiger partial charge on any atom is 0.145 e. The van der Waals surface area contributed by atoms with E-state index in [9.17, 15) is 0 Å². The number of nitrogens with two attached hydrogens (primary N) is 1. The summed E-state index contributed by atoms with van der Waals surface area (Å²) in [5, 5.41) is 7.95. The molecule has 0 radical (unpaired) electrons. The first-order valence-electron chi connectivity index (χ1n) is 5.63. The number of aryl methyl sites for hydroxylation is 1. The Labute approximate surface area is 104 Å². The SMILES string of the molecule is COc1cc(-c2cc(N)n[nH]2)cc2c1ccn2C. The van der Waals surface area contributed by atoms with Gasteiger partial charge < -0.3 is 15.0 Å². The molecular weight excluding hydrogens is 228 g/mol. The zero-order chi connectivity index (χ0) is 12.7. The summed E-state index contributed by atoms with van der Waals surface area (Å²) in [7, 11) is 3.68. The van der Waals surface area contributed by atoms with E-state index in [4.69, 9.17) is 10.5 Å². The largest absolute Gasteiger partial charge is 0.496 e. The number of fused-ring (bicyclic) bond motifs is 1. The van der Waals surface area contributed by atoms with Crippen molar-refractivity contribution in [1.29, 1.82) is 0 Å². The molecule has 0 aliphatic rings. The number of hydrogen-bond donors (Lipinski definition) is 2. The molecule has 3 N–H and O–H groups in total. The highest BCUT2D eigenvalue weighted by molar-refractivity contribution is 5.91. The van der Waals surface area contributed by atoms with Gasteiger partial charge in [0.2, 0.25) is 0 Å². The van der Waals surface area contributed by atoms with Crippen LogP contribution in [0.15, 0.2) is 30.5 Å². The number of nitrogen functional groups attached to an aromatic ring is 1. The molecule has 2 heterocycles. The number of anilines is 1. The molecule has 2 aromatic heterocycles. The van der Waals surface area contributed by atoms with Gasteiger partial charge in [0.1, 0.15) is 11.6 Å². The first kappa shape index (κ1) is 10.7. The lowest BCUT2D eigenvalue weighted by atomic mass is 10.1. The molecule has 0 bridgehead atoms. The standard InChI is InChI=1S/C13H14N4O/c1-17-4-3-9-11(17)5-8(6-12(9)18-2)10-7-13(14)16-15-10/h3-7H,1-2H3,(H3,14,15,16). The highest BCUT2D eigenvalue weighted by atomic mass is 16.5. The number of ether oxygens (including phenoxy) is 1. The fourth-order valence-electron chi connectivity index (χ4n) is 2.15. The van der Waals surface area contributed by atoms with Gasteiger partial charge in [0, 0.05) is 30.3 Å². The quantitative estimate of drug-likeness (QED) is 0.723. The molecule has 0 unspecified atom stereocenters. The van der Waals surface area contributed by atoms with Crippen LogP contribution in [-0.2, 0) is 7.05 Å². The topological polar surface area (TPSA) is 68.9 Å². The first-order valence-corrected chi connectivity index (χ1v) is 5.63. The number of H-pyrrole nitrogens is 1. The highest BCUT2D eigenvalue weighted by Crippen LogP contribution is 2.32. The molecule has 0 aliphatic carbocycles. The van der Waals surface area contributed by atoms with Gasteiger partial charge in [-0.2, -0.15) is 5.10 Å². The third-order valence-corrected chi connectivity index (χ3v) is 3.09. The van der Waals surface area contributed by atoms with Gasteiger partial charge >= 0.3 is 0 Å². The molecule has 3 rings (SSSR count). The van der Waals surface area contributed by atoms with Crippen LogP contribution in [0.4, 0.5) is 5.82 Å². The monoisotopic (exact) mass is 242 g/mol. The zero-order valence-corrected chi connectivity index (χ0v) is 10.3. The number of nitrogens with zero attached hydrogens (tertiary/aromatic N) is 2. The van der Waals surface area contributed by atoms with Crippen LogP contribution in [0.1, 0.15) is 0 Å². The van der Waals surface area contributed by atoms with Crippen molar-refractivity contribution in [2.24, 2.45) is 7.05 Å². The van der Waals surface area contributed by atoms with Gasteiger partial charge in [-0.3, -0.25) is 5.10 Å². The second-order valence-electron chi connectivity index (χ2n) is 4.24. The van der Waals surface area contributed by atoms with E-state index in [1.165, 1.54) is 0 Å². The van der Waals surface area contributed by atoms with Crippen molar-refractivity contribution in [3.8, 4) is 17.0 Å². The number of benzene rings is 1. The molecule has 0 fully saturated rings. The number of hydrogen-bond acceptors (Lipinski definition) is 3. The molecule has 0 spiro atoms. The second kappa shape index (κ2) is 3.80. The van der Waals surface area contributed by atoms with Crippen LogP contribution in [0.5, 0.6) is 5.75 Å². The molecule has 0 saturated carbocycles. The van der Waals surface area contributed by atoms with Crippen molar-refractivity contribution in [2.45, 2.75) is 0 Å². The summed E-state index contributed by atoms with van der Waals surface area (Å²) >= 11 is 0. The predicted octanol–water partition coefficient (Wildman–Crippen LogP) is 2.16. The van der Waals surface area contributed by atoms with E-state index in [-0.39, 0.29) is 0 Å². The number of aromatic amines is 1. The van der Waals surface area contributed by atoms with Crippen molar-refractivity contribution in [1.82, 2.24) is 14.8 Å². The van der Waals surface area contributed by atoms with Crippen molar-refractivity contribution >= 4 is 16.7 Å². The molecule has 18 heavy (non-hydrogen) atoms. The van der Waals surface area contributed by atoms with Gasteiger partial charge in [0.05, 0.1) is 18.3 Å². The molecule has 0 atom stereocenters. The van der Waals surface area contributed by atoms with Gasteiger partial charge in [-0.25, -0.2) is 0 Å². The second-order valence-corrected chi connectivity index (χ2v) is 4.24. The Kier molecular flexibility index (Phi) is 2.26. The minimum absolute atomic E-state index is 0.482. The zero-order valence-electron chi connectivity index (χ0n) is 10.3. The van der Waals surface area contributed by atoms with Crippen LogP contribution in [0.2, 0.25) is 0 Å². The van der Waals surface area contributed by atoms with E-state index >= 15 is 0 Å². The predicted molar refractivity (Wildman–Crippen MR) is 71.5 cm³/mol.